The molecular weight excluding hydrogens is 432 g/mol. The number of para-hydroxylation sites is 1. The zero-order valence-corrected chi connectivity index (χ0v) is 19.8. The first-order chi connectivity index (χ1) is 16.1. The van der Waals surface area contributed by atoms with Crippen LogP contribution in [-0.2, 0) is 17.9 Å². The van der Waals surface area contributed by atoms with Crippen LogP contribution in [0.25, 0.3) is 10.9 Å². The molecular formula is C26H32N4O2S. The molecule has 2 N–H and O–H groups in total. The van der Waals surface area contributed by atoms with Crippen molar-refractivity contribution in [3.63, 3.8) is 0 Å². The summed E-state index contributed by atoms with van der Waals surface area (Å²) in [6, 6.07) is 18.1. The van der Waals surface area contributed by atoms with Gasteiger partial charge in [0.2, 0.25) is 5.91 Å². The van der Waals surface area contributed by atoms with Crippen molar-refractivity contribution in [2.24, 2.45) is 0 Å². The summed E-state index contributed by atoms with van der Waals surface area (Å²) in [4.78, 5) is 30.7. The van der Waals surface area contributed by atoms with E-state index in [0.29, 0.717) is 23.1 Å². The highest BCUT2D eigenvalue weighted by Gasteiger charge is 2.21. The third kappa shape index (κ3) is 6.39. The number of hydrogen-bond acceptors (Lipinski definition) is 4. The quantitative estimate of drug-likeness (QED) is 0.364. The van der Waals surface area contributed by atoms with Gasteiger partial charge in [-0.25, -0.2) is 0 Å². The zero-order valence-electron chi connectivity index (χ0n) is 19.0. The standard InChI is InChI=1S/C26H32N4O2S/c31-24(27-21-12-9-16-29(19-21)18-20-10-3-1-4-11-20)15-5-2-8-17-30-25(32)22-13-6-7-14-23(22)28-26(30)33/h1,3-4,6-7,10-11,13-14,21H,2,5,8-9,12,15-19H2,(H,27,31)(H,28,33). The summed E-state index contributed by atoms with van der Waals surface area (Å²) < 4.78 is 2.08. The summed E-state index contributed by atoms with van der Waals surface area (Å²) in [5, 5.41) is 3.88. The molecule has 7 heteroatoms. The minimum absolute atomic E-state index is 0.0514. The molecule has 1 aliphatic rings. The summed E-state index contributed by atoms with van der Waals surface area (Å²) in [6.45, 7) is 3.49. The summed E-state index contributed by atoms with van der Waals surface area (Å²) in [5.74, 6) is 0.127. The van der Waals surface area contributed by atoms with Crippen molar-refractivity contribution in [3.8, 4) is 0 Å². The topological polar surface area (TPSA) is 70.1 Å². The second kappa shape index (κ2) is 11.4. The maximum atomic E-state index is 12.7. The van der Waals surface area contributed by atoms with Crippen molar-refractivity contribution >= 4 is 29.0 Å². The number of likely N-dealkylation sites (tertiary alicyclic amines) is 1. The second-order valence-electron chi connectivity index (χ2n) is 8.87. The third-order valence-corrected chi connectivity index (χ3v) is 6.62. The molecule has 1 aliphatic heterocycles. The van der Waals surface area contributed by atoms with Gasteiger partial charge in [-0.1, -0.05) is 48.9 Å². The van der Waals surface area contributed by atoms with Gasteiger partial charge in [0.05, 0.1) is 10.9 Å². The number of carbonyl (C=O) groups is 1. The van der Waals surface area contributed by atoms with E-state index in [-0.39, 0.29) is 17.5 Å². The van der Waals surface area contributed by atoms with Crippen LogP contribution in [0, 0.1) is 4.77 Å². The molecule has 1 amide bonds. The van der Waals surface area contributed by atoms with E-state index in [0.717, 1.165) is 57.3 Å². The van der Waals surface area contributed by atoms with Crippen molar-refractivity contribution in [3.05, 3.63) is 75.3 Å². The van der Waals surface area contributed by atoms with E-state index in [1.165, 1.54) is 5.56 Å². The van der Waals surface area contributed by atoms with Crippen molar-refractivity contribution in [1.29, 1.82) is 0 Å². The van der Waals surface area contributed by atoms with Crippen LogP contribution < -0.4 is 10.9 Å². The molecule has 0 radical (unpaired) electrons. The van der Waals surface area contributed by atoms with Gasteiger partial charge < -0.3 is 10.3 Å². The third-order valence-electron chi connectivity index (χ3n) is 6.29. The Morgan fingerprint density at radius 2 is 1.85 bits per heavy atom. The van der Waals surface area contributed by atoms with Crippen LogP contribution in [0.3, 0.4) is 0 Å². The number of nitrogens with zero attached hydrogens (tertiary/aromatic N) is 2. The van der Waals surface area contributed by atoms with E-state index < -0.39 is 0 Å². The molecule has 1 fully saturated rings. The number of aromatic nitrogens is 2. The minimum Gasteiger partial charge on any atom is -0.352 e. The largest absolute Gasteiger partial charge is 0.352 e. The van der Waals surface area contributed by atoms with Gasteiger partial charge in [-0.2, -0.15) is 0 Å². The first-order valence-corrected chi connectivity index (χ1v) is 12.3. The Kier molecular flexibility index (Phi) is 8.07. The van der Waals surface area contributed by atoms with Crippen molar-refractivity contribution in [2.45, 2.75) is 57.7 Å². The van der Waals surface area contributed by atoms with E-state index in [1.54, 1.807) is 4.57 Å². The Balaban J connectivity index is 1.18. The maximum absolute atomic E-state index is 12.7. The van der Waals surface area contributed by atoms with Crippen LogP contribution in [0.5, 0.6) is 0 Å². The number of fused-ring (bicyclic) bond motifs is 1. The van der Waals surface area contributed by atoms with Crippen LogP contribution in [-0.4, -0.2) is 39.5 Å². The fourth-order valence-corrected chi connectivity index (χ4v) is 4.88. The van der Waals surface area contributed by atoms with E-state index >= 15 is 0 Å². The fraction of sp³-hybridized carbons (Fsp3) is 0.423. The highest BCUT2D eigenvalue weighted by molar-refractivity contribution is 7.71. The molecule has 1 saturated heterocycles. The Labute approximate surface area is 199 Å². The van der Waals surface area contributed by atoms with Crippen LogP contribution in [0.1, 0.15) is 44.1 Å². The zero-order chi connectivity index (χ0) is 23.0. The number of carbonyl (C=O) groups excluding carboxylic acids is 1. The van der Waals surface area contributed by atoms with Gasteiger partial charge in [-0.05, 0) is 62.1 Å². The Morgan fingerprint density at radius 1 is 1.06 bits per heavy atom. The number of benzene rings is 2. The number of aromatic amines is 1. The molecule has 0 spiro atoms. The number of nitrogens with one attached hydrogen (secondary N) is 2. The van der Waals surface area contributed by atoms with Gasteiger partial charge >= 0.3 is 0 Å². The van der Waals surface area contributed by atoms with Crippen LogP contribution in [0.4, 0.5) is 0 Å². The Hall–Kier alpha value is -2.77. The van der Waals surface area contributed by atoms with Gasteiger partial charge in [0, 0.05) is 32.1 Å². The monoisotopic (exact) mass is 464 g/mol. The molecule has 2 aromatic carbocycles. The number of amides is 1. The van der Waals surface area contributed by atoms with E-state index in [9.17, 15) is 9.59 Å². The van der Waals surface area contributed by atoms with E-state index in [2.05, 4.69) is 39.5 Å². The van der Waals surface area contributed by atoms with Crippen LogP contribution in [0.2, 0.25) is 0 Å². The number of rotatable bonds is 9. The molecule has 0 bridgehead atoms. The maximum Gasteiger partial charge on any atom is 0.262 e. The lowest BCUT2D eigenvalue weighted by Crippen LogP contribution is -2.47. The molecule has 33 heavy (non-hydrogen) atoms. The number of piperidine rings is 1. The van der Waals surface area contributed by atoms with Gasteiger partial charge in [0.1, 0.15) is 0 Å². The smallest absolute Gasteiger partial charge is 0.262 e. The van der Waals surface area contributed by atoms with Crippen molar-refractivity contribution in [2.75, 3.05) is 13.1 Å². The summed E-state index contributed by atoms with van der Waals surface area (Å²) in [5.41, 5.74) is 2.03. The fourth-order valence-electron chi connectivity index (χ4n) is 4.59. The second-order valence-corrected chi connectivity index (χ2v) is 9.26. The van der Waals surface area contributed by atoms with Crippen molar-refractivity contribution < 1.29 is 4.79 Å². The van der Waals surface area contributed by atoms with Gasteiger partial charge in [-0.3, -0.25) is 19.1 Å². The van der Waals surface area contributed by atoms with Crippen LogP contribution in [0.15, 0.2) is 59.4 Å². The molecule has 0 aliphatic carbocycles. The molecule has 3 aromatic rings. The molecule has 1 aromatic heterocycles. The van der Waals surface area contributed by atoms with Crippen molar-refractivity contribution in [1.82, 2.24) is 19.8 Å². The molecule has 1 unspecified atom stereocenters. The SMILES string of the molecule is O=C(CCCCCn1c(=S)[nH]c2ccccc2c1=O)NC1CCCN(Cc2ccccc2)C1. The van der Waals surface area contributed by atoms with Gasteiger partial charge in [-0.15, -0.1) is 0 Å². The average molecular weight is 465 g/mol. The van der Waals surface area contributed by atoms with Crippen LogP contribution >= 0.6 is 12.2 Å². The van der Waals surface area contributed by atoms with E-state index in [1.807, 2.05) is 30.3 Å². The highest BCUT2D eigenvalue weighted by atomic mass is 32.1. The minimum atomic E-state index is -0.0514. The molecule has 6 nitrogen and oxygen atoms in total. The van der Waals surface area contributed by atoms with Gasteiger partial charge in [0.25, 0.3) is 5.56 Å². The predicted molar refractivity (Wildman–Crippen MR) is 135 cm³/mol. The summed E-state index contributed by atoms with van der Waals surface area (Å²) in [6.07, 6.45) is 5.18. The first kappa shape index (κ1) is 23.4. The molecule has 174 valence electrons. The molecule has 4 rings (SSSR count). The van der Waals surface area contributed by atoms with E-state index in [4.69, 9.17) is 12.2 Å². The Morgan fingerprint density at radius 3 is 2.70 bits per heavy atom. The summed E-state index contributed by atoms with van der Waals surface area (Å²) in [7, 11) is 0. The lowest BCUT2D eigenvalue weighted by atomic mass is 10.0. The number of H-pyrrole nitrogens is 1. The van der Waals surface area contributed by atoms with Gasteiger partial charge in [0.15, 0.2) is 4.77 Å². The lowest BCUT2D eigenvalue weighted by Gasteiger charge is -2.33. The number of hydrogen-bond donors (Lipinski definition) is 2. The molecule has 1 atom stereocenters. The first-order valence-electron chi connectivity index (χ1n) is 11.9. The number of unbranched alkanes of at least 4 members (excludes halogenated alkanes) is 2. The Bertz CT molecular complexity index is 1190. The molecule has 0 saturated carbocycles. The normalized spacial score (nSPS) is 16.7. The lowest BCUT2D eigenvalue weighted by molar-refractivity contribution is -0.122. The highest BCUT2D eigenvalue weighted by Crippen LogP contribution is 2.14. The predicted octanol–water partition coefficient (Wildman–Crippen LogP) is 4.40. The summed E-state index contributed by atoms with van der Waals surface area (Å²) >= 11 is 5.37. The average Bonchev–Trinajstić information content (AvgIpc) is 2.81. The molecule has 2 heterocycles.